The number of carbonyl (C=O) groups is 2. The summed E-state index contributed by atoms with van der Waals surface area (Å²) in [7, 11) is 1.38. The summed E-state index contributed by atoms with van der Waals surface area (Å²) in [6.45, 7) is 0. The molecular formula is C15H12N2O6. The molecule has 0 spiro atoms. The van der Waals surface area contributed by atoms with E-state index in [-0.39, 0.29) is 17.1 Å². The average molecular weight is 316 g/mol. The lowest BCUT2D eigenvalue weighted by Gasteiger charge is -2.17. The number of ether oxygens (including phenoxy) is 2. The SMILES string of the molecule is COc1ccc(N2C(=O)[C@@H]3[C@H](C2=O)[C@@H]2C=C[C@@H]3O2)c([N+](=O)[O-])c1. The zero-order valence-corrected chi connectivity index (χ0v) is 12.0. The van der Waals surface area contributed by atoms with Crippen molar-refractivity contribution in [1.29, 1.82) is 0 Å². The molecule has 8 nitrogen and oxygen atoms in total. The number of methoxy groups -OCH3 is 1. The molecule has 2 fully saturated rings. The van der Waals surface area contributed by atoms with Gasteiger partial charge in [0.25, 0.3) is 5.69 Å². The molecule has 0 unspecified atom stereocenters. The highest BCUT2D eigenvalue weighted by Crippen LogP contribution is 2.47. The molecule has 0 N–H and O–H groups in total. The van der Waals surface area contributed by atoms with E-state index in [4.69, 9.17) is 9.47 Å². The number of imide groups is 1. The van der Waals surface area contributed by atoms with Crippen LogP contribution in [0, 0.1) is 22.0 Å². The second-order valence-corrected chi connectivity index (χ2v) is 5.63. The van der Waals surface area contributed by atoms with Crippen LogP contribution in [0.5, 0.6) is 5.75 Å². The minimum Gasteiger partial charge on any atom is -0.496 e. The number of nitrogens with zero attached hydrogens (tertiary/aromatic N) is 2. The molecule has 118 valence electrons. The van der Waals surface area contributed by atoms with Gasteiger partial charge in [0.05, 0.1) is 42.1 Å². The highest BCUT2D eigenvalue weighted by molar-refractivity contribution is 6.24. The lowest BCUT2D eigenvalue weighted by Crippen LogP contribution is -2.34. The molecule has 4 atom stereocenters. The van der Waals surface area contributed by atoms with Crippen molar-refractivity contribution in [1.82, 2.24) is 0 Å². The van der Waals surface area contributed by atoms with Crippen LogP contribution in [-0.2, 0) is 14.3 Å². The van der Waals surface area contributed by atoms with Gasteiger partial charge in [0.2, 0.25) is 11.8 Å². The van der Waals surface area contributed by atoms with Crippen molar-refractivity contribution < 1.29 is 24.0 Å². The Hall–Kier alpha value is -2.74. The molecule has 3 aliphatic heterocycles. The maximum absolute atomic E-state index is 12.7. The van der Waals surface area contributed by atoms with Crippen molar-refractivity contribution in [3.05, 3.63) is 40.5 Å². The van der Waals surface area contributed by atoms with E-state index in [0.717, 1.165) is 4.90 Å². The summed E-state index contributed by atoms with van der Waals surface area (Å²) in [4.78, 5) is 36.9. The molecule has 0 aromatic heterocycles. The van der Waals surface area contributed by atoms with Crippen LogP contribution >= 0.6 is 0 Å². The molecule has 23 heavy (non-hydrogen) atoms. The number of anilines is 1. The number of hydrogen-bond donors (Lipinski definition) is 0. The summed E-state index contributed by atoms with van der Waals surface area (Å²) >= 11 is 0. The molecule has 2 saturated heterocycles. The fourth-order valence-corrected chi connectivity index (χ4v) is 3.51. The highest BCUT2D eigenvalue weighted by atomic mass is 16.6. The van der Waals surface area contributed by atoms with Gasteiger partial charge in [0.1, 0.15) is 11.4 Å². The largest absolute Gasteiger partial charge is 0.496 e. The van der Waals surface area contributed by atoms with Crippen molar-refractivity contribution >= 4 is 23.2 Å². The third-order valence-corrected chi connectivity index (χ3v) is 4.53. The van der Waals surface area contributed by atoms with Crippen molar-refractivity contribution in [3.63, 3.8) is 0 Å². The van der Waals surface area contributed by atoms with Crippen molar-refractivity contribution in [2.45, 2.75) is 12.2 Å². The molecule has 0 saturated carbocycles. The van der Waals surface area contributed by atoms with E-state index < -0.39 is 40.8 Å². The third kappa shape index (κ3) is 1.75. The van der Waals surface area contributed by atoms with Crippen molar-refractivity contribution in [2.24, 2.45) is 11.8 Å². The van der Waals surface area contributed by atoms with E-state index in [1.54, 1.807) is 12.2 Å². The Balaban J connectivity index is 1.79. The van der Waals surface area contributed by atoms with Crippen LogP contribution in [-0.4, -0.2) is 36.1 Å². The number of carbonyl (C=O) groups excluding carboxylic acids is 2. The maximum atomic E-state index is 12.7. The summed E-state index contributed by atoms with van der Waals surface area (Å²) in [6, 6.07) is 4.05. The Morgan fingerprint density at radius 3 is 2.30 bits per heavy atom. The summed E-state index contributed by atoms with van der Waals surface area (Å²) in [6.07, 6.45) is 2.68. The van der Waals surface area contributed by atoms with E-state index in [1.807, 2.05) is 0 Å². The Labute approximate surface area is 130 Å². The van der Waals surface area contributed by atoms with Gasteiger partial charge >= 0.3 is 0 Å². The average Bonchev–Trinajstić information content (AvgIpc) is 3.21. The second-order valence-electron chi connectivity index (χ2n) is 5.63. The molecule has 1 aromatic rings. The van der Waals surface area contributed by atoms with E-state index in [9.17, 15) is 19.7 Å². The number of benzene rings is 1. The lowest BCUT2D eigenvalue weighted by atomic mass is 9.85. The summed E-state index contributed by atoms with van der Waals surface area (Å²) < 4.78 is 10.5. The van der Waals surface area contributed by atoms with Crippen molar-refractivity contribution in [3.8, 4) is 5.75 Å². The monoisotopic (exact) mass is 316 g/mol. The Morgan fingerprint density at radius 2 is 1.78 bits per heavy atom. The molecule has 2 bridgehead atoms. The fourth-order valence-electron chi connectivity index (χ4n) is 3.51. The fraction of sp³-hybridized carbons (Fsp3) is 0.333. The van der Waals surface area contributed by atoms with Crippen molar-refractivity contribution in [2.75, 3.05) is 12.0 Å². The Morgan fingerprint density at radius 1 is 1.17 bits per heavy atom. The second kappa shape index (κ2) is 4.63. The van der Waals surface area contributed by atoms with Crippen LogP contribution in [0.25, 0.3) is 0 Å². The Bertz CT molecular complexity index is 743. The standard InChI is InChI=1S/C15H12N2O6/c1-22-7-2-3-8(9(6-7)17(20)21)16-14(18)12-10-4-5-11(23-10)13(12)15(16)19/h2-6,10-13H,1H3/t10-,11-,12-,13+/m0/s1. The molecule has 4 rings (SSSR count). The third-order valence-electron chi connectivity index (χ3n) is 4.53. The Kier molecular flexibility index (Phi) is 2.79. The van der Waals surface area contributed by atoms with Crippen LogP contribution in [0.3, 0.4) is 0 Å². The molecule has 1 aromatic carbocycles. The van der Waals surface area contributed by atoms with Gasteiger partial charge in [0, 0.05) is 0 Å². The van der Waals surface area contributed by atoms with Crippen LogP contribution in [0.4, 0.5) is 11.4 Å². The molecule has 8 heteroatoms. The normalized spacial score (nSPS) is 30.9. The van der Waals surface area contributed by atoms with E-state index in [1.165, 1.54) is 25.3 Å². The zero-order chi connectivity index (χ0) is 16.3. The molecule has 3 heterocycles. The first-order valence-electron chi connectivity index (χ1n) is 7.07. The number of fused-ring (bicyclic) bond motifs is 5. The minimum atomic E-state index is -0.629. The number of hydrogen-bond acceptors (Lipinski definition) is 6. The van der Waals surface area contributed by atoms with Gasteiger partial charge in [-0.05, 0) is 12.1 Å². The number of rotatable bonds is 3. The highest BCUT2D eigenvalue weighted by Gasteiger charge is 2.61. The van der Waals surface area contributed by atoms with Crippen LogP contribution in [0.1, 0.15) is 0 Å². The summed E-state index contributed by atoms with van der Waals surface area (Å²) in [5.74, 6) is -1.82. The van der Waals surface area contributed by atoms with Gasteiger partial charge in [-0.2, -0.15) is 0 Å². The topological polar surface area (TPSA) is 99.0 Å². The summed E-state index contributed by atoms with van der Waals surface area (Å²) in [5, 5.41) is 11.3. The molecular weight excluding hydrogens is 304 g/mol. The predicted octanol–water partition coefficient (Wildman–Crippen LogP) is 1.05. The molecule has 2 amide bonds. The summed E-state index contributed by atoms with van der Waals surface area (Å²) in [5.41, 5.74) is -0.369. The van der Waals surface area contributed by atoms with E-state index >= 15 is 0 Å². The smallest absolute Gasteiger partial charge is 0.297 e. The molecule has 0 aliphatic carbocycles. The number of nitro benzene ring substituents is 1. The first kappa shape index (κ1) is 13.9. The van der Waals surface area contributed by atoms with Gasteiger partial charge in [-0.15, -0.1) is 0 Å². The number of amides is 2. The van der Waals surface area contributed by atoms with Gasteiger partial charge in [-0.3, -0.25) is 19.7 Å². The zero-order valence-electron chi connectivity index (χ0n) is 12.0. The molecule has 0 radical (unpaired) electrons. The maximum Gasteiger partial charge on any atom is 0.297 e. The van der Waals surface area contributed by atoms with Gasteiger partial charge in [0.15, 0.2) is 0 Å². The first-order chi connectivity index (χ1) is 11.0. The first-order valence-corrected chi connectivity index (χ1v) is 7.07. The minimum absolute atomic E-state index is 0.0281. The predicted molar refractivity (Wildman–Crippen MR) is 76.9 cm³/mol. The van der Waals surface area contributed by atoms with Gasteiger partial charge < -0.3 is 9.47 Å². The van der Waals surface area contributed by atoms with Crippen LogP contribution in [0.2, 0.25) is 0 Å². The van der Waals surface area contributed by atoms with E-state index in [2.05, 4.69) is 0 Å². The van der Waals surface area contributed by atoms with Crippen LogP contribution < -0.4 is 9.64 Å². The van der Waals surface area contributed by atoms with E-state index in [0.29, 0.717) is 0 Å². The quantitative estimate of drug-likeness (QED) is 0.358. The van der Waals surface area contributed by atoms with Gasteiger partial charge in [-0.1, -0.05) is 12.2 Å². The molecule has 3 aliphatic rings. The number of nitro groups is 1. The lowest BCUT2D eigenvalue weighted by molar-refractivity contribution is -0.384. The van der Waals surface area contributed by atoms with Gasteiger partial charge in [-0.25, -0.2) is 4.90 Å². The van der Waals surface area contributed by atoms with Crippen LogP contribution in [0.15, 0.2) is 30.4 Å².